The van der Waals surface area contributed by atoms with Crippen molar-refractivity contribution >= 4 is 17.5 Å². The lowest BCUT2D eigenvalue weighted by atomic mass is 9.48. The summed E-state index contributed by atoms with van der Waals surface area (Å²) in [6, 6.07) is 7.46. The fourth-order valence-corrected chi connectivity index (χ4v) is 4.03. The first-order valence-corrected chi connectivity index (χ1v) is 7.68. The molecule has 1 aromatic carbocycles. The summed E-state index contributed by atoms with van der Waals surface area (Å²) in [6.45, 7) is 5.16. The first kappa shape index (κ1) is 14.8. The summed E-state index contributed by atoms with van der Waals surface area (Å²) in [4.78, 5) is 12.6. The minimum atomic E-state index is -0.854. The molecule has 0 aromatic heterocycles. The van der Waals surface area contributed by atoms with Crippen LogP contribution >= 0.6 is 11.6 Å². The van der Waals surface area contributed by atoms with Gasteiger partial charge in [-0.05, 0) is 24.1 Å². The third kappa shape index (κ3) is 2.08. The molecule has 21 heavy (non-hydrogen) atoms. The molecule has 114 valence electrons. The number of amides is 1. The number of benzene rings is 1. The molecule has 3 unspecified atom stereocenters. The van der Waals surface area contributed by atoms with Crippen molar-refractivity contribution in [2.24, 2.45) is 17.1 Å². The molecule has 0 spiro atoms. The SMILES string of the molecule is CC1(C)C2OCCC2C1(N)C(=O)NCc1cccc(Cl)c1. The maximum Gasteiger partial charge on any atom is 0.241 e. The van der Waals surface area contributed by atoms with Gasteiger partial charge in [0.25, 0.3) is 0 Å². The average Bonchev–Trinajstić information content (AvgIpc) is 2.92. The van der Waals surface area contributed by atoms with Crippen molar-refractivity contribution in [2.75, 3.05) is 6.61 Å². The normalized spacial score (nSPS) is 33.1. The van der Waals surface area contributed by atoms with Crippen molar-refractivity contribution in [2.45, 2.75) is 38.5 Å². The monoisotopic (exact) mass is 308 g/mol. The van der Waals surface area contributed by atoms with E-state index in [0.717, 1.165) is 12.0 Å². The van der Waals surface area contributed by atoms with Crippen LogP contribution in [-0.4, -0.2) is 24.2 Å². The zero-order valence-corrected chi connectivity index (χ0v) is 13.1. The Bertz CT molecular complexity index is 575. The van der Waals surface area contributed by atoms with E-state index < -0.39 is 5.54 Å². The lowest BCUT2D eigenvalue weighted by molar-refractivity contribution is -0.175. The molecule has 1 aliphatic heterocycles. The third-order valence-corrected chi connectivity index (χ3v) is 5.41. The first-order chi connectivity index (χ1) is 9.87. The van der Waals surface area contributed by atoms with Crippen molar-refractivity contribution in [3.63, 3.8) is 0 Å². The molecular formula is C16H21ClN2O2. The number of hydrogen-bond donors (Lipinski definition) is 2. The molecule has 3 atom stereocenters. The number of carbonyl (C=O) groups is 1. The second kappa shape index (κ2) is 4.97. The summed E-state index contributed by atoms with van der Waals surface area (Å²) in [5, 5.41) is 3.62. The minimum absolute atomic E-state index is 0.0967. The highest BCUT2D eigenvalue weighted by atomic mass is 35.5. The van der Waals surface area contributed by atoms with Gasteiger partial charge in [-0.15, -0.1) is 0 Å². The van der Waals surface area contributed by atoms with Crippen molar-refractivity contribution < 1.29 is 9.53 Å². The summed E-state index contributed by atoms with van der Waals surface area (Å²) in [5.41, 5.74) is 6.26. The Labute approximate surface area is 130 Å². The minimum Gasteiger partial charge on any atom is -0.377 e. The van der Waals surface area contributed by atoms with Gasteiger partial charge in [0.05, 0.1) is 6.10 Å². The average molecular weight is 309 g/mol. The van der Waals surface area contributed by atoms with Gasteiger partial charge in [0.2, 0.25) is 5.91 Å². The summed E-state index contributed by atoms with van der Waals surface area (Å²) < 4.78 is 5.71. The highest BCUT2D eigenvalue weighted by Crippen LogP contribution is 2.58. The van der Waals surface area contributed by atoms with Crippen LogP contribution in [0.15, 0.2) is 24.3 Å². The van der Waals surface area contributed by atoms with Crippen LogP contribution in [-0.2, 0) is 16.1 Å². The van der Waals surface area contributed by atoms with Gasteiger partial charge >= 0.3 is 0 Å². The lowest BCUT2D eigenvalue weighted by Crippen LogP contribution is -2.80. The molecule has 4 nitrogen and oxygen atoms in total. The molecule has 5 heteroatoms. The van der Waals surface area contributed by atoms with Gasteiger partial charge in [-0.3, -0.25) is 4.79 Å². The summed E-state index contributed by atoms with van der Waals surface area (Å²) >= 11 is 5.95. The van der Waals surface area contributed by atoms with E-state index in [0.29, 0.717) is 18.2 Å². The van der Waals surface area contributed by atoms with Crippen LogP contribution < -0.4 is 11.1 Å². The van der Waals surface area contributed by atoms with Gasteiger partial charge in [-0.1, -0.05) is 37.6 Å². The number of hydrogen-bond acceptors (Lipinski definition) is 3. The predicted molar refractivity (Wildman–Crippen MR) is 81.8 cm³/mol. The predicted octanol–water partition coefficient (Wildman–Crippen LogP) is 2.10. The topological polar surface area (TPSA) is 64.3 Å². The summed E-state index contributed by atoms with van der Waals surface area (Å²) in [5.74, 6) is 0.0195. The van der Waals surface area contributed by atoms with Gasteiger partial charge in [0.1, 0.15) is 5.54 Å². The van der Waals surface area contributed by atoms with Gasteiger partial charge < -0.3 is 15.8 Å². The van der Waals surface area contributed by atoms with Gasteiger partial charge in [0.15, 0.2) is 0 Å². The number of halogens is 1. The van der Waals surface area contributed by atoms with Gasteiger partial charge in [0, 0.05) is 29.5 Å². The summed E-state index contributed by atoms with van der Waals surface area (Å²) in [7, 11) is 0. The van der Waals surface area contributed by atoms with Crippen LogP contribution in [0.4, 0.5) is 0 Å². The van der Waals surface area contributed by atoms with E-state index in [1.807, 2.05) is 38.1 Å². The van der Waals surface area contributed by atoms with E-state index in [2.05, 4.69) is 5.32 Å². The largest absolute Gasteiger partial charge is 0.377 e. The van der Waals surface area contributed by atoms with E-state index >= 15 is 0 Å². The Morgan fingerprint density at radius 3 is 3.00 bits per heavy atom. The second-order valence-corrected chi connectivity index (χ2v) is 7.03. The Morgan fingerprint density at radius 2 is 2.29 bits per heavy atom. The second-order valence-electron chi connectivity index (χ2n) is 6.59. The molecule has 1 saturated carbocycles. The van der Waals surface area contributed by atoms with Crippen LogP contribution in [0.5, 0.6) is 0 Å². The van der Waals surface area contributed by atoms with Crippen LogP contribution in [0.1, 0.15) is 25.8 Å². The number of carbonyl (C=O) groups excluding carboxylic acids is 1. The zero-order chi connectivity index (χ0) is 15.3. The Morgan fingerprint density at radius 1 is 1.52 bits per heavy atom. The first-order valence-electron chi connectivity index (χ1n) is 7.30. The van der Waals surface area contributed by atoms with Crippen molar-refractivity contribution in [1.29, 1.82) is 0 Å². The fraction of sp³-hybridized carbons (Fsp3) is 0.562. The van der Waals surface area contributed by atoms with Crippen molar-refractivity contribution in [3.8, 4) is 0 Å². The van der Waals surface area contributed by atoms with E-state index in [4.69, 9.17) is 22.1 Å². The molecule has 0 bridgehead atoms. The molecular weight excluding hydrogens is 288 g/mol. The molecule has 1 aliphatic carbocycles. The highest BCUT2D eigenvalue weighted by Gasteiger charge is 2.71. The molecule has 1 aromatic rings. The van der Waals surface area contributed by atoms with E-state index in [1.165, 1.54) is 0 Å². The Balaban J connectivity index is 1.70. The zero-order valence-electron chi connectivity index (χ0n) is 12.4. The van der Waals surface area contributed by atoms with Crippen molar-refractivity contribution in [3.05, 3.63) is 34.9 Å². The quantitative estimate of drug-likeness (QED) is 0.899. The smallest absolute Gasteiger partial charge is 0.241 e. The molecule has 1 heterocycles. The van der Waals surface area contributed by atoms with E-state index in [1.54, 1.807) is 0 Å². The molecule has 1 saturated heterocycles. The maximum atomic E-state index is 12.6. The summed E-state index contributed by atoms with van der Waals surface area (Å²) in [6.07, 6.45) is 0.953. The van der Waals surface area contributed by atoms with Crippen molar-refractivity contribution in [1.82, 2.24) is 5.32 Å². The van der Waals surface area contributed by atoms with Crippen LogP contribution in [0.3, 0.4) is 0 Å². The van der Waals surface area contributed by atoms with Gasteiger partial charge in [-0.25, -0.2) is 0 Å². The Kier molecular flexibility index (Phi) is 3.51. The Hall–Kier alpha value is -1.10. The lowest BCUT2D eigenvalue weighted by Gasteiger charge is -2.60. The van der Waals surface area contributed by atoms with Crippen LogP contribution in [0.2, 0.25) is 5.02 Å². The van der Waals surface area contributed by atoms with E-state index in [9.17, 15) is 4.79 Å². The number of nitrogens with two attached hydrogens (primary N) is 1. The molecule has 3 rings (SSSR count). The third-order valence-electron chi connectivity index (χ3n) is 5.17. The van der Waals surface area contributed by atoms with Gasteiger partial charge in [-0.2, -0.15) is 0 Å². The molecule has 1 amide bonds. The number of fused-ring (bicyclic) bond motifs is 1. The molecule has 0 radical (unpaired) electrons. The number of nitrogens with one attached hydrogen (secondary N) is 1. The molecule has 2 fully saturated rings. The molecule has 2 aliphatic rings. The van der Waals surface area contributed by atoms with E-state index in [-0.39, 0.29) is 23.3 Å². The fourth-order valence-electron chi connectivity index (χ4n) is 3.82. The standard InChI is InChI=1S/C16H21ClN2O2/c1-15(2)13-12(6-7-21-13)16(15,18)14(20)19-9-10-4-3-5-11(17)8-10/h3-5,8,12-13H,6-7,9,18H2,1-2H3,(H,19,20). The van der Waals surface area contributed by atoms with Crippen LogP contribution in [0.25, 0.3) is 0 Å². The van der Waals surface area contributed by atoms with Crippen LogP contribution in [0, 0.1) is 11.3 Å². The maximum absolute atomic E-state index is 12.6. The highest BCUT2D eigenvalue weighted by molar-refractivity contribution is 6.30. The number of rotatable bonds is 3. The number of ether oxygens (including phenoxy) is 1. The molecule has 3 N–H and O–H groups in total.